The molecule has 8 atom stereocenters. The summed E-state index contributed by atoms with van der Waals surface area (Å²) in [7, 11) is 0. The average molecular weight is 336 g/mol. The van der Waals surface area contributed by atoms with Gasteiger partial charge in [-0.3, -0.25) is 4.79 Å². The first-order chi connectivity index (χ1) is 11.4. The standard InChI is InChI=1S/C20H32O4/c1-12(21)24-18-7-6-15-13-9-11-20(23)16(4-3-5-17(20)22)14(13)8-10-19(15,18)2/h13-18,22-23H,3-11H2,1-2H3/t13-,14-,15+,16+,17-,18-,19-,20+/m0/s1. The smallest absolute Gasteiger partial charge is 0.302 e. The number of fused-ring (bicyclic) bond motifs is 5. The molecule has 0 bridgehead atoms. The van der Waals surface area contributed by atoms with E-state index in [1.54, 1.807) is 0 Å². The van der Waals surface area contributed by atoms with Crippen LogP contribution in [0.25, 0.3) is 0 Å². The summed E-state index contributed by atoms with van der Waals surface area (Å²) in [6.07, 6.45) is 8.45. The number of esters is 1. The van der Waals surface area contributed by atoms with Crippen LogP contribution < -0.4 is 0 Å². The van der Waals surface area contributed by atoms with Gasteiger partial charge in [-0.05, 0) is 75.0 Å². The van der Waals surface area contributed by atoms with E-state index in [0.717, 1.165) is 57.8 Å². The first-order valence-corrected chi connectivity index (χ1v) is 9.94. The van der Waals surface area contributed by atoms with Crippen molar-refractivity contribution in [2.24, 2.45) is 29.1 Å². The van der Waals surface area contributed by atoms with Gasteiger partial charge in [0.15, 0.2) is 0 Å². The molecule has 0 amide bonds. The maximum absolute atomic E-state index is 11.5. The quantitative estimate of drug-likeness (QED) is 0.722. The van der Waals surface area contributed by atoms with Gasteiger partial charge < -0.3 is 14.9 Å². The van der Waals surface area contributed by atoms with E-state index in [-0.39, 0.29) is 23.4 Å². The molecular formula is C20H32O4. The van der Waals surface area contributed by atoms with Crippen molar-refractivity contribution in [2.75, 3.05) is 0 Å². The van der Waals surface area contributed by atoms with Gasteiger partial charge in [-0.1, -0.05) is 13.3 Å². The number of carbonyl (C=O) groups excluding carboxylic acids is 1. The second kappa shape index (κ2) is 5.70. The van der Waals surface area contributed by atoms with E-state index in [0.29, 0.717) is 17.8 Å². The van der Waals surface area contributed by atoms with Crippen LogP contribution in [-0.4, -0.2) is 34.0 Å². The fraction of sp³-hybridized carbons (Fsp3) is 0.950. The Hall–Kier alpha value is -0.610. The van der Waals surface area contributed by atoms with E-state index in [2.05, 4.69) is 6.92 Å². The lowest BCUT2D eigenvalue weighted by molar-refractivity contribution is -0.203. The van der Waals surface area contributed by atoms with Crippen molar-refractivity contribution < 1.29 is 19.7 Å². The Labute approximate surface area is 145 Å². The zero-order chi connectivity index (χ0) is 17.1. The van der Waals surface area contributed by atoms with Crippen LogP contribution in [0.5, 0.6) is 0 Å². The van der Waals surface area contributed by atoms with Crippen molar-refractivity contribution in [3.05, 3.63) is 0 Å². The minimum absolute atomic E-state index is 0.0682. The lowest BCUT2D eigenvalue weighted by atomic mass is 9.49. The maximum Gasteiger partial charge on any atom is 0.302 e. The third-order valence-corrected chi connectivity index (χ3v) is 8.32. The van der Waals surface area contributed by atoms with Crippen LogP contribution in [0, 0.1) is 29.1 Å². The molecule has 136 valence electrons. The minimum Gasteiger partial charge on any atom is -0.462 e. The Morgan fingerprint density at radius 1 is 1.00 bits per heavy atom. The molecule has 4 fully saturated rings. The zero-order valence-corrected chi connectivity index (χ0v) is 15.0. The molecule has 0 aromatic heterocycles. The fourth-order valence-electron chi connectivity index (χ4n) is 7.19. The summed E-state index contributed by atoms with van der Waals surface area (Å²) in [5.74, 6) is 1.87. The van der Waals surface area contributed by atoms with Gasteiger partial charge in [-0.15, -0.1) is 0 Å². The molecule has 0 aromatic carbocycles. The normalized spacial score (nSPS) is 53.7. The highest BCUT2D eigenvalue weighted by Gasteiger charge is 2.61. The van der Waals surface area contributed by atoms with Gasteiger partial charge in [-0.25, -0.2) is 0 Å². The molecule has 0 heterocycles. The van der Waals surface area contributed by atoms with Crippen molar-refractivity contribution in [3.63, 3.8) is 0 Å². The molecule has 4 aliphatic carbocycles. The third kappa shape index (κ3) is 2.28. The molecule has 0 aromatic rings. The van der Waals surface area contributed by atoms with E-state index in [1.807, 2.05) is 0 Å². The summed E-state index contributed by atoms with van der Waals surface area (Å²) < 4.78 is 5.68. The number of rotatable bonds is 1. The largest absolute Gasteiger partial charge is 0.462 e. The van der Waals surface area contributed by atoms with Crippen LogP contribution in [-0.2, 0) is 9.53 Å². The maximum atomic E-state index is 11.5. The summed E-state index contributed by atoms with van der Waals surface area (Å²) in [5, 5.41) is 21.6. The van der Waals surface area contributed by atoms with Crippen LogP contribution in [0.3, 0.4) is 0 Å². The topological polar surface area (TPSA) is 66.8 Å². The summed E-state index contributed by atoms with van der Waals surface area (Å²) >= 11 is 0. The summed E-state index contributed by atoms with van der Waals surface area (Å²) in [5.41, 5.74) is -0.739. The number of ether oxygens (including phenoxy) is 1. The molecule has 0 saturated heterocycles. The molecule has 2 N–H and O–H groups in total. The molecule has 0 aliphatic heterocycles. The third-order valence-electron chi connectivity index (χ3n) is 8.32. The van der Waals surface area contributed by atoms with Crippen molar-refractivity contribution in [3.8, 4) is 0 Å². The monoisotopic (exact) mass is 336 g/mol. The van der Waals surface area contributed by atoms with Crippen molar-refractivity contribution >= 4 is 5.97 Å². The molecule has 0 radical (unpaired) electrons. The molecule has 4 aliphatic rings. The van der Waals surface area contributed by atoms with Gasteiger partial charge in [0, 0.05) is 12.3 Å². The van der Waals surface area contributed by atoms with Crippen LogP contribution in [0.2, 0.25) is 0 Å². The summed E-state index contributed by atoms with van der Waals surface area (Å²) in [6, 6.07) is 0. The van der Waals surface area contributed by atoms with E-state index in [1.165, 1.54) is 6.92 Å². The number of carbonyl (C=O) groups is 1. The predicted molar refractivity (Wildman–Crippen MR) is 90.1 cm³/mol. The number of aliphatic hydroxyl groups is 2. The highest BCUT2D eigenvalue weighted by molar-refractivity contribution is 5.66. The highest BCUT2D eigenvalue weighted by atomic mass is 16.5. The Kier molecular flexibility index (Phi) is 4.00. The van der Waals surface area contributed by atoms with Crippen LogP contribution in [0.4, 0.5) is 0 Å². The predicted octanol–water partition coefficient (Wildman–Crippen LogP) is 3.05. The Balaban J connectivity index is 1.58. The lowest BCUT2D eigenvalue weighted by Crippen LogP contribution is -2.60. The number of hydrogen-bond donors (Lipinski definition) is 2. The van der Waals surface area contributed by atoms with E-state index in [9.17, 15) is 15.0 Å². The molecule has 0 spiro atoms. The van der Waals surface area contributed by atoms with Gasteiger partial charge in [0.1, 0.15) is 6.10 Å². The number of hydrogen-bond acceptors (Lipinski definition) is 4. The van der Waals surface area contributed by atoms with Crippen LogP contribution >= 0.6 is 0 Å². The Morgan fingerprint density at radius 2 is 1.71 bits per heavy atom. The summed E-state index contributed by atoms with van der Waals surface area (Å²) in [6.45, 7) is 3.84. The first kappa shape index (κ1) is 16.8. The van der Waals surface area contributed by atoms with Crippen LogP contribution in [0.15, 0.2) is 0 Å². The lowest BCUT2D eigenvalue weighted by Gasteiger charge is -2.58. The van der Waals surface area contributed by atoms with Gasteiger partial charge >= 0.3 is 5.97 Å². The van der Waals surface area contributed by atoms with E-state index >= 15 is 0 Å². The Bertz CT molecular complexity index is 520. The molecule has 4 saturated carbocycles. The fourth-order valence-corrected chi connectivity index (χ4v) is 7.19. The number of aliphatic hydroxyl groups excluding tert-OH is 1. The van der Waals surface area contributed by atoms with Gasteiger partial charge in [-0.2, -0.15) is 0 Å². The summed E-state index contributed by atoms with van der Waals surface area (Å²) in [4.78, 5) is 11.5. The second-order valence-electron chi connectivity index (χ2n) is 9.24. The Morgan fingerprint density at radius 3 is 2.46 bits per heavy atom. The van der Waals surface area contributed by atoms with E-state index in [4.69, 9.17) is 4.74 Å². The van der Waals surface area contributed by atoms with Crippen molar-refractivity contribution in [1.82, 2.24) is 0 Å². The highest BCUT2D eigenvalue weighted by Crippen LogP contribution is 2.63. The average Bonchev–Trinajstić information content (AvgIpc) is 2.85. The molecule has 4 heteroatoms. The van der Waals surface area contributed by atoms with Gasteiger partial charge in [0.05, 0.1) is 11.7 Å². The second-order valence-corrected chi connectivity index (χ2v) is 9.24. The molecule has 4 nitrogen and oxygen atoms in total. The molecule has 0 unspecified atom stereocenters. The zero-order valence-electron chi connectivity index (χ0n) is 15.0. The van der Waals surface area contributed by atoms with Crippen molar-refractivity contribution in [1.29, 1.82) is 0 Å². The van der Waals surface area contributed by atoms with E-state index < -0.39 is 11.7 Å². The van der Waals surface area contributed by atoms with Gasteiger partial charge in [0.25, 0.3) is 0 Å². The SMILES string of the molecule is CC(=O)O[C@H]1CC[C@@H]2[C@H]3CC[C@@]4(O)[C@H](CCC[C@@H]4O)[C@H]3CC[C@]12C. The van der Waals surface area contributed by atoms with Crippen molar-refractivity contribution in [2.45, 2.75) is 89.4 Å². The first-order valence-electron chi connectivity index (χ1n) is 9.94. The molecule has 4 rings (SSSR count). The molecule has 24 heavy (non-hydrogen) atoms. The molecular weight excluding hydrogens is 304 g/mol. The van der Waals surface area contributed by atoms with Crippen LogP contribution in [0.1, 0.15) is 71.6 Å². The van der Waals surface area contributed by atoms with Gasteiger partial charge in [0.2, 0.25) is 0 Å². The minimum atomic E-state index is -0.846.